The molecule has 2 heterocycles. The molecule has 1 aromatic rings. The molecule has 0 bridgehead atoms. The Morgan fingerprint density at radius 2 is 2.19 bits per heavy atom. The number of carbonyl (C=O) groups excluding carboxylic acids is 1. The maximum absolute atomic E-state index is 11.8. The van der Waals surface area contributed by atoms with Gasteiger partial charge in [-0.15, -0.1) is 0 Å². The van der Waals surface area contributed by atoms with Crippen molar-refractivity contribution in [2.75, 3.05) is 26.2 Å². The van der Waals surface area contributed by atoms with Gasteiger partial charge in [-0.2, -0.15) is 0 Å². The summed E-state index contributed by atoms with van der Waals surface area (Å²) in [6.45, 7) is 3.32. The van der Waals surface area contributed by atoms with Gasteiger partial charge in [0.15, 0.2) is 0 Å². The van der Waals surface area contributed by atoms with Gasteiger partial charge >= 0.3 is 0 Å². The molecule has 1 aromatic heterocycles. The third kappa shape index (κ3) is 2.90. The van der Waals surface area contributed by atoms with Crippen LogP contribution in [0.25, 0.3) is 6.08 Å². The molecule has 1 aliphatic rings. The number of amides is 1. The Morgan fingerprint density at radius 1 is 1.38 bits per heavy atom. The van der Waals surface area contributed by atoms with Crippen molar-refractivity contribution >= 4 is 12.0 Å². The van der Waals surface area contributed by atoms with Crippen molar-refractivity contribution in [3.05, 3.63) is 36.2 Å². The van der Waals surface area contributed by atoms with Crippen LogP contribution in [0.15, 0.2) is 30.5 Å². The minimum Gasteiger partial charge on any atom is -0.337 e. The Kier molecular flexibility index (Phi) is 3.66. The molecule has 2 rings (SSSR count). The second-order valence-electron chi connectivity index (χ2n) is 3.66. The van der Waals surface area contributed by atoms with Crippen molar-refractivity contribution in [3.8, 4) is 0 Å². The van der Waals surface area contributed by atoms with Crippen molar-refractivity contribution in [2.45, 2.75) is 0 Å². The van der Waals surface area contributed by atoms with Crippen LogP contribution in [-0.4, -0.2) is 42.0 Å². The van der Waals surface area contributed by atoms with Crippen molar-refractivity contribution in [1.82, 2.24) is 15.2 Å². The van der Waals surface area contributed by atoms with Gasteiger partial charge in [0.2, 0.25) is 5.91 Å². The fourth-order valence-electron chi connectivity index (χ4n) is 1.62. The number of rotatable bonds is 2. The highest BCUT2D eigenvalue weighted by Crippen LogP contribution is 1.99. The van der Waals surface area contributed by atoms with E-state index in [1.54, 1.807) is 18.3 Å². The number of carbonyl (C=O) groups is 1. The molecule has 0 aromatic carbocycles. The van der Waals surface area contributed by atoms with Crippen LogP contribution in [0.3, 0.4) is 0 Å². The highest BCUT2D eigenvalue weighted by molar-refractivity contribution is 5.91. The van der Waals surface area contributed by atoms with E-state index in [2.05, 4.69) is 10.3 Å². The summed E-state index contributed by atoms with van der Waals surface area (Å²) in [6.07, 6.45) is 5.06. The van der Waals surface area contributed by atoms with Crippen LogP contribution in [0.4, 0.5) is 0 Å². The van der Waals surface area contributed by atoms with E-state index in [1.165, 1.54) is 0 Å². The summed E-state index contributed by atoms with van der Waals surface area (Å²) < 4.78 is 0. The van der Waals surface area contributed by atoms with Crippen molar-refractivity contribution in [3.63, 3.8) is 0 Å². The highest BCUT2D eigenvalue weighted by Gasteiger charge is 2.12. The van der Waals surface area contributed by atoms with E-state index in [0.29, 0.717) is 0 Å². The number of hydrogen-bond donors (Lipinski definition) is 1. The van der Waals surface area contributed by atoms with Crippen molar-refractivity contribution < 1.29 is 4.79 Å². The van der Waals surface area contributed by atoms with E-state index in [9.17, 15) is 4.79 Å². The Morgan fingerprint density at radius 3 is 2.88 bits per heavy atom. The van der Waals surface area contributed by atoms with E-state index in [0.717, 1.165) is 31.9 Å². The van der Waals surface area contributed by atoms with Gasteiger partial charge in [-0.1, -0.05) is 6.07 Å². The number of nitrogens with one attached hydrogen (secondary N) is 1. The number of aromatic nitrogens is 1. The molecule has 0 aliphatic carbocycles. The first kappa shape index (κ1) is 10.8. The summed E-state index contributed by atoms with van der Waals surface area (Å²) in [5, 5.41) is 3.21. The van der Waals surface area contributed by atoms with Gasteiger partial charge in [0.1, 0.15) is 0 Å². The first-order chi connectivity index (χ1) is 7.86. The lowest BCUT2D eigenvalue weighted by atomic mass is 10.3. The third-order valence-corrected chi connectivity index (χ3v) is 2.51. The summed E-state index contributed by atoms with van der Waals surface area (Å²) in [5.74, 6) is 0.0622. The number of piperazine rings is 1. The topological polar surface area (TPSA) is 45.2 Å². The first-order valence-corrected chi connectivity index (χ1v) is 5.45. The lowest BCUT2D eigenvalue weighted by Crippen LogP contribution is -2.45. The molecule has 0 saturated carbocycles. The molecule has 4 nitrogen and oxygen atoms in total. The van der Waals surface area contributed by atoms with Crippen LogP contribution < -0.4 is 5.32 Å². The third-order valence-electron chi connectivity index (χ3n) is 2.51. The molecule has 0 unspecified atom stereocenters. The van der Waals surface area contributed by atoms with Gasteiger partial charge in [0.25, 0.3) is 0 Å². The standard InChI is InChI=1S/C12H15N3O/c16-12(15-9-7-13-8-10-15)5-4-11-3-1-2-6-14-11/h1-6,13H,7-10H2/b5-4+. The van der Waals surface area contributed by atoms with E-state index in [4.69, 9.17) is 0 Å². The van der Waals surface area contributed by atoms with Crippen LogP contribution in [-0.2, 0) is 4.79 Å². The molecular formula is C12H15N3O. The first-order valence-electron chi connectivity index (χ1n) is 5.45. The quantitative estimate of drug-likeness (QED) is 0.735. The zero-order chi connectivity index (χ0) is 11.2. The fourth-order valence-corrected chi connectivity index (χ4v) is 1.62. The molecule has 0 atom stereocenters. The SMILES string of the molecule is O=C(/C=C/c1ccccn1)N1CCNCC1. The Hall–Kier alpha value is -1.68. The normalized spacial score (nSPS) is 16.6. The lowest BCUT2D eigenvalue weighted by molar-refractivity contribution is -0.126. The van der Waals surface area contributed by atoms with Crippen LogP contribution in [0.1, 0.15) is 5.69 Å². The summed E-state index contributed by atoms with van der Waals surface area (Å²) in [6, 6.07) is 5.64. The number of nitrogens with zero attached hydrogens (tertiary/aromatic N) is 2. The molecule has 1 amide bonds. The predicted molar refractivity (Wildman–Crippen MR) is 62.7 cm³/mol. The molecular weight excluding hydrogens is 202 g/mol. The molecule has 1 saturated heterocycles. The van der Waals surface area contributed by atoms with Crippen LogP contribution in [0.2, 0.25) is 0 Å². The highest BCUT2D eigenvalue weighted by atomic mass is 16.2. The van der Waals surface area contributed by atoms with Gasteiger partial charge in [-0.25, -0.2) is 0 Å². The molecule has 4 heteroatoms. The number of pyridine rings is 1. The van der Waals surface area contributed by atoms with E-state index >= 15 is 0 Å². The molecule has 1 fully saturated rings. The average Bonchev–Trinajstić information content (AvgIpc) is 2.38. The minimum absolute atomic E-state index is 0.0622. The molecule has 1 N–H and O–H groups in total. The van der Waals surface area contributed by atoms with Gasteiger partial charge in [-0.3, -0.25) is 9.78 Å². The Labute approximate surface area is 95.0 Å². The second kappa shape index (κ2) is 5.42. The van der Waals surface area contributed by atoms with Crippen LogP contribution >= 0.6 is 0 Å². The molecule has 0 spiro atoms. The minimum atomic E-state index is 0.0622. The lowest BCUT2D eigenvalue weighted by Gasteiger charge is -2.26. The van der Waals surface area contributed by atoms with Gasteiger partial charge in [0, 0.05) is 38.5 Å². The summed E-state index contributed by atoms with van der Waals surface area (Å²) >= 11 is 0. The smallest absolute Gasteiger partial charge is 0.246 e. The fraction of sp³-hybridized carbons (Fsp3) is 0.333. The average molecular weight is 217 g/mol. The van der Waals surface area contributed by atoms with Gasteiger partial charge in [0.05, 0.1) is 5.69 Å². The largest absolute Gasteiger partial charge is 0.337 e. The predicted octanol–water partition coefficient (Wildman–Crippen LogP) is 0.527. The maximum atomic E-state index is 11.8. The van der Waals surface area contributed by atoms with Gasteiger partial charge < -0.3 is 10.2 Å². The molecule has 16 heavy (non-hydrogen) atoms. The zero-order valence-electron chi connectivity index (χ0n) is 9.10. The Bertz CT molecular complexity index is 369. The summed E-state index contributed by atoms with van der Waals surface area (Å²) in [4.78, 5) is 17.7. The van der Waals surface area contributed by atoms with Crippen molar-refractivity contribution in [1.29, 1.82) is 0 Å². The second-order valence-corrected chi connectivity index (χ2v) is 3.66. The number of hydrogen-bond acceptors (Lipinski definition) is 3. The molecule has 1 aliphatic heterocycles. The van der Waals surface area contributed by atoms with Gasteiger partial charge in [-0.05, 0) is 18.2 Å². The summed E-state index contributed by atoms with van der Waals surface area (Å²) in [5.41, 5.74) is 0.811. The Balaban J connectivity index is 1.93. The van der Waals surface area contributed by atoms with E-state index < -0.39 is 0 Å². The van der Waals surface area contributed by atoms with Crippen LogP contribution in [0.5, 0.6) is 0 Å². The maximum Gasteiger partial charge on any atom is 0.246 e. The van der Waals surface area contributed by atoms with E-state index in [1.807, 2.05) is 23.1 Å². The monoisotopic (exact) mass is 217 g/mol. The molecule has 84 valence electrons. The summed E-state index contributed by atoms with van der Waals surface area (Å²) in [7, 11) is 0. The van der Waals surface area contributed by atoms with Crippen LogP contribution in [0, 0.1) is 0 Å². The van der Waals surface area contributed by atoms with E-state index in [-0.39, 0.29) is 5.91 Å². The van der Waals surface area contributed by atoms with Crippen molar-refractivity contribution in [2.24, 2.45) is 0 Å². The zero-order valence-corrected chi connectivity index (χ0v) is 9.10. The molecule has 0 radical (unpaired) electrons.